The lowest BCUT2D eigenvalue weighted by molar-refractivity contribution is -0.132. The van der Waals surface area contributed by atoms with Crippen LogP contribution in [0.5, 0.6) is 23.0 Å². The Bertz CT molecular complexity index is 2740. The third kappa shape index (κ3) is 11.1. The van der Waals surface area contributed by atoms with Gasteiger partial charge in [-0.25, -0.2) is 0 Å². The zero-order valence-corrected chi connectivity index (χ0v) is 39.3. The molecule has 7 aromatic carbocycles. The minimum atomic E-state index is -0.339. The maximum atomic E-state index is 11.4. The Kier molecular flexibility index (Phi) is 14.9. The molecule has 0 saturated heterocycles. The molecule has 0 radical (unpaired) electrons. The highest BCUT2D eigenvalue weighted by atomic mass is 16.5. The highest BCUT2D eigenvalue weighted by Gasteiger charge is 2.38. The van der Waals surface area contributed by atoms with E-state index in [1.54, 1.807) is 14.2 Å². The minimum absolute atomic E-state index is 0.0382. The summed E-state index contributed by atoms with van der Waals surface area (Å²) in [5.41, 5.74) is 14.8. The first kappa shape index (κ1) is 46.6. The summed E-state index contributed by atoms with van der Waals surface area (Å²) >= 11 is 0. The van der Waals surface area contributed by atoms with Gasteiger partial charge in [0.25, 0.3) is 0 Å². The Morgan fingerprint density at radius 2 is 0.939 bits per heavy atom. The van der Waals surface area contributed by atoms with Gasteiger partial charge in [0.1, 0.15) is 23.0 Å². The van der Waals surface area contributed by atoms with Crippen LogP contribution >= 0.6 is 0 Å². The molecule has 0 atom stereocenters. The van der Waals surface area contributed by atoms with Gasteiger partial charge in [-0.15, -0.1) is 0 Å². The van der Waals surface area contributed by atoms with Crippen molar-refractivity contribution in [3.8, 4) is 23.0 Å². The van der Waals surface area contributed by atoms with Crippen molar-refractivity contribution in [1.82, 2.24) is 0 Å². The summed E-state index contributed by atoms with van der Waals surface area (Å²) in [7, 11) is 3.38. The Labute approximate surface area is 390 Å². The van der Waals surface area contributed by atoms with Crippen molar-refractivity contribution < 1.29 is 28.5 Å². The summed E-state index contributed by atoms with van der Waals surface area (Å²) in [6.45, 7) is 11.1. The van der Waals surface area contributed by atoms with E-state index < -0.39 is 0 Å². The van der Waals surface area contributed by atoms with Crippen LogP contribution in [0.1, 0.15) is 89.6 Å². The number of rotatable bonds is 12. The van der Waals surface area contributed by atoms with Crippen molar-refractivity contribution in [1.29, 1.82) is 0 Å². The van der Waals surface area contributed by atoms with E-state index in [0.29, 0.717) is 11.5 Å². The largest absolute Gasteiger partial charge is 0.497 e. The predicted molar refractivity (Wildman–Crippen MR) is 268 cm³/mol. The number of carbonyl (C=O) groups is 2. The van der Waals surface area contributed by atoms with Gasteiger partial charge < -0.3 is 23.8 Å². The lowest BCUT2D eigenvalue weighted by Gasteiger charge is -2.31. The average molecular weight is 878 g/mol. The van der Waals surface area contributed by atoms with E-state index in [-0.39, 0.29) is 17.4 Å². The van der Waals surface area contributed by atoms with Crippen LogP contribution in [0.25, 0.3) is 11.6 Å². The van der Waals surface area contributed by atoms with Gasteiger partial charge in [-0.2, -0.15) is 0 Å². The van der Waals surface area contributed by atoms with Crippen molar-refractivity contribution in [3.63, 3.8) is 0 Å². The number of nitrogens with zero attached hydrogens (tertiary/aromatic N) is 1. The summed E-state index contributed by atoms with van der Waals surface area (Å²) in [6, 6.07) is 54.2. The summed E-state index contributed by atoms with van der Waals surface area (Å²) < 4.78 is 21.3. The van der Waals surface area contributed by atoms with E-state index in [1.807, 2.05) is 49.4 Å². The monoisotopic (exact) mass is 877 g/mol. The van der Waals surface area contributed by atoms with Crippen LogP contribution in [0.3, 0.4) is 0 Å². The number of anilines is 3. The molecule has 1 aliphatic carbocycles. The van der Waals surface area contributed by atoms with Crippen molar-refractivity contribution in [2.45, 2.75) is 72.6 Å². The van der Waals surface area contributed by atoms with E-state index in [0.717, 1.165) is 69.2 Å². The van der Waals surface area contributed by atoms with Gasteiger partial charge in [0.2, 0.25) is 0 Å². The molecule has 0 N–H and O–H groups in total. The molecule has 0 heterocycles. The van der Waals surface area contributed by atoms with Gasteiger partial charge >= 0.3 is 11.9 Å². The third-order valence-electron chi connectivity index (χ3n) is 12.3. The molecule has 0 bridgehead atoms. The summed E-state index contributed by atoms with van der Waals surface area (Å²) in [5, 5.41) is 0. The molecule has 0 amide bonds. The highest BCUT2D eigenvalue weighted by Crippen LogP contribution is 2.48. The Balaban J connectivity index is 0.000000221. The zero-order chi connectivity index (χ0) is 46.8. The third-order valence-corrected chi connectivity index (χ3v) is 12.3. The van der Waals surface area contributed by atoms with E-state index >= 15 is 0 Å². The molecular weight excluding hydrogens is 819 g/mol. The molecule has 8 rings (SSSR count). The van der Waals surface area contributed by atoms with E-state index in [9.17, 15) is 9.59 Å². The predicted octanol–water partition coefficient (Wildman–Crippen LogP) is 14.4. The summed E-state index contributed by atoms with van der Waals surface area (Å²) in [5.74, 6) is 2.28. The Hall–Kier alpha value is -7.38. The fourth-order valence-corrected chi connectivity index (χ4v) is 8.81. The second-order valence-electron chi connectivity index (χ2n) is 17.1. The zero-order valence-electron chi connectivity index (χ0n) is 39.3. The molecule has 66 heavy (non-hydrogen) atoms. The molecule has 0 spiro atoms. The molecule has 1 aliphatic rings. The standard InChI is InChI=1S/C37H33NO3.C22H26O3/c1-26-5-15-32(16-6-26)38(33-17-7-27(2)8-18-33)34-19-9-29(10-20-34)25-37(30-11-21-35(40-4)22-12-30)31-13-23-36(24-14-31)41-28(3)39;1-15-13-18(7-9-20(15)24-4)22(11-5-6-12-22)19-8-10-21(16(2)14-19)25-17(3)23/h5-25H,1-4H3;7-10,13-14H,5-6,11-12H2,1-4H3. The smallest absolute Gasteiger partial charge is 0.308 e. The quantitative estimate of drug-likeness (QED) is 0.0687. The first-order chi connectivity index (χ1) is 31.8. The van der Waals surface area contributed by atoms with Crippen LogP contribution in [-0.4, -0.2) is 26.2 Å². The topological polar surface area (TPSA) is 74.3 Å². The number of ether oxygens (including phenoxy) is 4. The SMILES string of the molecule is COc1ccc(C(=Cc2ccc(N(c3ccc(C)cc3)c3ccc(C)cc3)cc2)c2ccc(OC(C)=O)cc2)cc1.COc1ccc(C2(c3ccc(OC(C)=O)c(C)c3)CCCC2)cc1C. The van der Waals surface area contributed by atoms with Gasteiger partial charge in [-0.1, -0.05) is 109 Å². The van der Waals surface area contributed by atoms with Gasteiger partial charge in [0.05, 0.1) is 14.2 Å². The maximum Gasteiger partial charge on any atom is 0.308 e. The first-order valence-corrected chi connectivity index (χ1v) is 22.5. The maximum absolute atomic E-state index is 11.4. The van der Waals surface area contributed by atoms with Crippen LogP contribution in [0.15, 0.2) is 158 Å². The fraction of sp³-hybridized carbons (Fsp3) is 0.220. The second kappa shape index (κ2) is 21.1. The number of esters is 2. The molecular formula is C59H59NO6. The van der Waals surface area contributed by atoms with Gasteiger partial charge in [0, 0.05) is 36.3 Å². The highest BCUT2D eigenvalue weighted by molar-refractivity contribution is 5.92. The molecule has 7 aromatic rings. The van der Waals surface area contributed by atoms with E-state index in [2.05, 4.69) is 147 Å². The normalized spacial score (nSPS) is 12.9. The fourth-order valence-electron chi connectivity index (χ4n) is 8.81. The molecule has 1 saturated carbocycles. The number of carbonyl (C=O) groups excluding carboxylic acids is 2. The molecule has 1 fully saturated rings. The number of aryl methyl sites for hydroxylation is 4. The minimum Gasteiger partial charge on any atom is -0.497 e. The lowest BCUT2D eigenvalue weighted by Crippen LogP contribution is -2.24. The summed E-state index contributed by atoms with van der Waals surface area (Å²) in [4.78, 5) is 24.9. The van der Waals surface area contributed by atoms with Crippen molar-refractivity contribution in [2.24, 2.45) is 0 Å². The Morgan fingerprint density at radius 1 is 0.500 bits per heavy atom. The first-order valence-electron chi connectivity index (χ1n) is 22.5. The molecule has 0 aromatic heterocycles. The molecule has 0 aliphatic heterocycles. The van der Waals surface area contributed by atoms with E-state index in [4.69, 9.17) is 18.9 Å². The van der Waals surface area contributed by atoms with Crippen LogP contribution < -0.4 is 23.8 Å². The summed E-state index contributed by atoms with van der Waals surface area (Å²) in [6.07, 6.45) is 6.93. The molecule has 336 valence electrons. The van der Waals surface area contributed by atoms with Crippen LogP contribution in [-0.2, 0) is 15.0 Å². The Morgan fingerprint density at radius 3 is 1.36 bits per heavy atom. The lowest BCUT2D eigenvalue weighted by atomic mass is 9.72. The van der Waals surface area contributed by atoms with E-state index in [1.165, 1.54) is 54.5 Å². The number of benzene rings is 7. The van der Waals surface area contributed by atoms with Crippen molar-refractivity contribution in [2.75, 3.05) is 19.1 Å². The second-order valence-corrected chi connectivity index (χ2v) is 17.1. The van der Waals surface area contributed by atoms with Crippen LogP contribution in [0, 0.1) is 27.7 Å². The number of hydrogen-bond donors (Lipinski definition) is 0. The van der Waals surface area contributed by atoms with Gasteiger partial charge in [0.15, 0.2) is 0 Å². The molecule has 0 unspecified atom stereocenters. The molecule has 7 nitrogen and oxygen atoms in total. The number of methoxy groups -OCH3 is 2. The van der Waals surface area contributed by atoms with Crippen molar-refractivity contribution >= 4 is 40.6 Å². The average Bonchev–Trinajstić information content (AvgIpc) is 3.82. The molecule has 7 heteroatoms. The van der Waals surface area contributed by atoms with Crippen LogP contribution in [0.4, 0.5) is 17.1 Å². The van der Waals surface area contributed by atoms with Gasteiger partial charge in [-0.05, 0) is 164 Å². The van der Waals surface area contributed by atoms with Gasteiger partial charge in [-0.3, -0.25) is 9.59 Å². The number of hydrogen-bond acceptors (Lipinski definition) is 7. The van der Waals surface area contributed by atoms with Crippen molar-refractivity contribution in [3.05, 3.63) is 208 Å². The van der Waals surface area contributed by atoms with Crippen LogP contribution in [0.2, 0.25) is 0 Å².